The summed E-state index contributed by atoms with van der Waals surface area (Å²) < 4.78 is 5.38. The minimum absolute atomic E-state index is 0.759. The van der Waals surface area contributed by atoms with Crippen LogP contribution in [0.1, 0.15) is 32.6 Å². The maximum atomic E-state index is 5.74. The molecule has 0 N–H and O–H groups in total. The van der Waals surface area contributed by atoms with E-state index in [0.29, 0.717) is 0 Å². The molecule has 1 fully saturated rings. The molecule has 0 aliphatic carbocycles. The molecule has 1 saturated heterocycles. The van der Waals surface area contributed by atoms with E-state index in [1.807, 2.05) is 0 Å². The van der Waals surface area contributed by atoms with Gasteiger partial charge in [0, 0.05) is 25.6 Å². The van der Waals surface area contributed by atoms with E-state index in [-0.39, 0.29) is 0 Å². The zero-order valence-corrected chi connectivity index (χ0v) is 11.5. The van der Waals surface area contributed by atoms with Crippen molar-refractivity contribution >= 4 is 11.6 Å². The van der Waals surface area contributed by atoms with Crippen molar-refractivity contribution in [3.63, 3.8) is 0 Å². The Morgan fingerprint density at radius 2 is 2.00 bits per heavy atom. The molecular weight excluding hydrogens is 222 g/mol. The second-order valence-corrected chi connectivity index (χ2v) is 5.57. The van der Waals surface area contributed by atoms with Crippen LogP contribution in [0.15, 0.2) is 0 Å². The Bertz CT molecular complexity index is 171. The lowest BCUT2D eigenvalue weighted by atomic mass is 9.99. The first-order valence-electron chi connectivity index (χ1n) is 6.54. The number of alkyl halides is 1. The second-order valence-electron chi connectivity index (χ2n) is 5.19. The van der Waals surface area contributed by atoms with Crippen molar-refractivity contribution in [1.82, 2.24) is 4.90 Å². The van der Waals surface area contributed by atoms with Gasteiger partial charge in [0.1, 0.15) is 0 Å². The van der Waals surface area contributed by atoms with E-state index in [2.05, 4.69) is 18.9 Å². The summed E-state index contributed by atoms with van der Waals surface area (Å²) in [4.78, 5) is 2.47. The minimum atomic E-state index is 0.759. The van der Waals surface area contributed by atoms with Gasteiger partial charge < -0.3 is 9.64 Å². The van der Waals surface area contributed by atoms with Gasteiger partial charge in [-0.25, -0.2) is 0 Å². The molecule has 0 aromatic heterocycles. The molecule has 3 heteroatoms. The van der Waals surface area contributed by atoms with Crippen LogP contribution in [-0.2, 0) is 4.74 Å². The zero-order valence-electron chi connectivity index (χ0n) is 10.8. The van der Waals surface area contributed by atoms with Gasteiger partial charge in [0.05, 0.1) is 0 Å². The van der Waals surface area contributed by atoms with Crippen molar-refractivity contribution in [2.24, 2.45) is 11.8 Å². The molecule has 0 bridgehead atoms. The fourth-order valence-electron chi connectivity index (χ4n) is 2.23. The molecule has 1 atom stereocenters. The Morgan fingerprint density at radius 3 is 2.62 bits per heavy atom. The number of ether oxygens (including phenoxy) is 1. The van der Waals surface area contributed by atoms with Crippen molar-refractivity contribution < 1.29 is 4.74 Å². The fourth-order valence-corrected chi connectivity index (χ4v) is 2.60. The molecule has 0 aromatic carbocycles. The number of halogens is 1. The van der Waals surface area contributed by atoms with Crippen LogP contribution in [0.5, 0.6) is 0 Å². The summed E-state index contributed by atoms with van der Waals surface area (Å²) in [5.74, 6) is 2.40. The minimum Gasteiger partial charge on any atom is -0.381 e. The average Bonchev–Trinajstić information content (AvgIpc) is 2.28. The highest BCUT2D eigenvalue weighted by Crippen LogP contribution is 2.16. The van der Waals surface area contributed by atoms with E-state index in [9.17, 15) is 0 Å². The van der Waals surface area contributed by atoms with Gasteiger partial charge in [-0.15, -0.1) is 11.6 Å². The third-order valence-electron chi connectivity index (χ3n) is 3.52. The average molecular weight is 248 g/mol. The lowest BCUT2D eigenvalue weighted by Crippen LogP contribution is -2.30. The van der Waals surface area contributed by atoms with Gasteiger partial charge in [0.25, 0.3) is 0 Å². The van der Waals surface area contributed by atoms with Crippen LogP contribution in [-0.4, -0.2) is 44.1 Å². The summed E-state index contributed by atoms with van der Waals surface area (Å²) in [6.45, 7) is 6.65. The van der Waals surface area contributed by atoms with Gasteiger partial charge in [-0.3, -0.25) is 0 Å². The van der Waals surface area contributed by atoms with Gasteiger partial charge in [-0.05, 0) is 51.1 Å². The number of rotatable bonds is 7. The van der Waals surface area contributed by atoms with Crippen LogP contribution in [0.2, 0.25) is 0 Å². The Morgan fingerprint density at radius 1 is 1.31 bits per heavy atom. The van der Waals surface area contributed by atoms with Crippen LogP contribution >= 0.6 is 11.6 Å². The summed E-state index contributed by atoms with van der Waals surface area (Å²) in [6.07, 6.45) is 4.89. The first-order chi connectivity index (χ1) is 7.72. The molecule has 0 amide bonds. The van der Waals surface area contributed by atoms with E-state index < -0.39 is 0 Å². The predicted octanol–water partition coefficient (Wildman–Crippen LogP) is 3.00. The molecule has 0 saturated carbocycles. The smallest absolute Gasteiger partial charge is 0.0469 e. The molecule has 0 radical (unpaired) electrons. The van der Waals surface area contributed by atoms with Gasteiger partial charge >= 0.3 is 0 Å². The lowest BCUT2D eigenvalue weighted by Gasteiger charge is -2.27. The van der Waals surface area contributed by atoms with Crippen molar-refractivity contribution in [3.8, 4) is 0 Å². The molecule has 16 heavy (non-hydrogen) atoms. The highest BCUT2D eigenvalue weighted by Gasteiger charge is 2.15. The Kier molecular flexibility index (Phi) is 7.42. The van der Waals surface area contributed by atoms with Crippen LogP contribution in [0.25, 0.3) is 0 Å². The first kappa shape index (κ1) is 14.3. The van der Waals surface area contributed by atoms with Crippen molar-refractivity contribution in [3.05, 3.63) is 0 Å². The maximum absolute atomic E-state index is 5.74. The standard InChI is InChI=1S/C13H26ClNO/c1-12(3-7-14)4-8-15(2)11-13-5-9-16-10-6-13/h12-13H,3-11H2,1-2H3. The predicted molar refractivity (Wildman–Crippen MR) is 70.2 cm³/mol. The summed E-state index contributed by atoms with van der Waals surface area (Å²) in [6, 6.07) is 0. The fraction of sp³-hybridized carbons (Fsp3) is 1.00. The number of nitrogens with zero attached hydrogens (tertiary/aromatic N) is 1. The zero-order chi connectivity index (χ0) is 11.8. The molecule has 1 aliphatic rings. The van der Waals surface area contributed by atoms with Gasteiger partial charge in [0.2, 0.25) is 0 Å². The van der Waals surface area contributed by atoms with Crippen molar-refractivity contribution in [2.75, 3.05) is 39.2 Å². The van der Waals surface area contributed by atoms with Gasteiger partial charge in [-0.2, -0.15) is 0 Å². The summed E-state index contributed by atoms with van der Waals surface area (Å²) in [5, 5.41) is 0. The largest absolute Gasteiger partial charge is 0.381 e. The van der Waals surface area contributed by atoms with Gasteiger partial charge in [-0.1, -0.05) is 6.92 Å². The van der Waals surface area contributed by atoms with Crippen LogP contribution in [0, 0.1) is 11.8 Å². The van der Waals surface area contributed by atoms with Crippen molar-refractivity contribution in [2.45, 2.75) is 32.6 Å². The Balaban J connectivity index is 2.07. The second kappa shape index (κ2) is 8.32. The highest BCUT2D eigenvalue weighted by molar-refractivity contribution is 6.17. The summed E-state index contributed by atoms with van der Waals surface area (Å²) in [7, 11) is 2.24. The molecule has 0 aromatic rings. The summed E-state index contributed by atoms with van der Waals surface area (Å²) >= 11 is 5.74. The molecule has 1 heterocycles. The van der Waals surface area contributed by atoms with Gasteiger partial charge in [0.15, 0.2) is 0 Å². The van der Waals surface area contributed by atoms with E-state index in [4.69, 9.17) is 16.3 Å². The topological polar surface area (TPSA) is 12.5 Å². The highest BCUT2D eigenvalue weighted by atomic mass is 35.5. The molecule has 96 valence electrons. The quantitative estimate of drug-likeness (QED) is 0.642. The lowest BCUT2D eigenvalue weighted by molar-refractivity contribution is 0.0552. The number of hydrogen-bond acceptors (Lipinski definition) is 2. The van der Waals surface area contributed by atoms with Crippen LogP contribution < -0.4 is 0 Å². The third-order valence-corrected chi connectivity index (χ3v) is 3.73. The first-order valence-corrected chi connectivity index (χ1v) is 7.08. The van der Waals surface area contributed by atoms with Crippen LogP contribution in [0.3, 0.4) is 0 Å². The Hall–Kier alpha value is 0.210. The van der Waals surface area contributed by atoms with E-state index in [1.54, 1.807) is 0 Å². The summed E-state index contributed by atoms with van der Waals surface area (Å²) in [5.41, 5.74) is 0. The molecular formula is C13H26ClNO. The molecule has 1 unspecified atom stereocenters. The molecule has 0 spiro atoms. The monoisotopic (exact) mass is 247 g/mol. The van der Waals surface area contributed by atoms with E-state index in [1.165, 1.54) is 32.4 Å². The Labute approximate surface area is 105 Å². The van der Waals surface area contributed by atoms with E-state index in [0.717, 1.165) is 37.4 Å². The van der Waals surface area contributed by atoms with E-state index >= 15 is 0 Å². The maximum Gasteiger partial charge on any atom is 0.0469 e. The third kappa shape index (κ3) is 6.07. The number of hydrogen-bond donors (Lipinski definition) is 0. The SMILES string of the molecule is CC(CCCl)CCN(C)CC1CCOCC1. The van der Waals surface area contributed by atoms with Crippen LogP contribution in [0.4, 0.5) is 0 Å². The van der Waals surface area contributed by atoms with Crippen molar-refractivity contribution in [1.29, 1.82) is 0 Å². The molecule has 1 rings (SSSR count). The normalized spacial score (nSPS) is 20.2. The molecule has 2 nitrogen and oxygen atoms in total. The molecule has 1 aliphatic heterocycles.